The Balaban J connectivity index is 2.15. The molecule has 5 heteroatoms. The van der Waals surface area contributed by atoms with Crippen LogP contribution in [0.25, 0.3) is 0 Å². The summed E-state index contributed by atoms with van der Waals surface area (Å²) in [6, 6.07) is 9.74. The molecule has 1 aromatic carbocycles. The zero-order chi connectivity index (χ0) is 15.2. The van der Waals surface area contributed by atoms with Crippen LogP contribution in [0.4, 0.5) is 0 Å². The van der Waals surface area contributed by atoms with Gasteiger partial charge in [-0.25, -0.2) is 4.98 Å². The Bertz CT molecular complexity index is 553. The number of H-pyrrole nitrogens is 1. The second-order valence-corrected chi connectivity index (χ2v) is 5.37. The van der Waals surface area contributed by atoms with Gasteiger partial charge in [0.2, 0.25) is 5.91 Å². The quantitative estimate of drug-likeness (QED) is 0.857. The van der Waals surface area contributed by atoms with E-state index in [1.54, 1.807) is 0 Å². The van der Waals surface area contributed by atoms with Crippen LogP contribution in [0.3, 0.4) is 0 Å². The van der Waals surface area contributed by atoms with Gasteiger partial charge in [0.15, 0.2) is 0 Å². The molecule has 1 aromatic heterocycles. The normalized spacial score (nSPS) is 15.2. The van der Waals surface area contributed by atoms with Crippen molar-refractivity contribution in [1.29, 1.82) is 0 Å². The predicted octanol–water partition coefficient (Wildman–Crippen LogP) is 2.81. The molecule has 5 nitrogen and oxygen atoms in total. The lowest BCUT2D eigenvalue weighted by Gasteiger charge is -2.24. The number of aromatic amines is 1. The van der Waals surface area contributed by atoms with Gasteiger partial charge in [0.05, 0.1) is 12.0 Å². The molecule has 0 spiro atoms. The molecule has 1 heterocycles. The van der Waals surface area contributed by atoms with E-state index >= 15 is 0 Å². The lowest BCUT2D eigenvalue weighted by atomic mass is 9.84. The number of nitrogens with zero attached hydrogens (tertiary/aromatic N) is 2. The molecule has 0 aliphatic heterocycles. The van der Waals surface area contributed by atoms with Crippen LogP contribution in [0.2, 0.25) is 0 Å². The maximum Gasteiger partial charge on any atom is 0.228 e. The molecule has 2 aromatic rings. The highest BCUT2D eigenvalue weighted by Crippen LogP contribution is 2.27. The third-order valence-electron chi connectivity index (χ3n) is 3.86. The number of aromatic nitrogens is 3. The van der Waals surface area contributed by atoms with Crippen molar-refractivity contribution in [1.82, 2.24) is 20.5 Å². The summed E-state index contributed by atoms with van der Waals surface area (Å²) >= 11 is 0. The molecular weight excluding hydrogens is 264 g/mol. The number of rotatable bonds is 6. The molecule has 0 fully saturated rings. The smallest absolute Gasteiger partial charge is 0.228 e. The number of nitrogens with one attached hydrogen (secondary N) is 2. The summed E-state index contributed by atoms with van der Waals surface area (Å²) in [5, 5.41) is 9.63. The van der Waals surface area contributed by atoms with Crippen molar-refractivity contribution in [2.24, 2.45) is 5.92 Å². The summed E-state index contributed by atoms with van der Waals surface area (Å²) in [5.74, 6) is 0.815. The van der Waals surface area contributed by atoms with Gasteiger partial charge in [0.25, 0.3) is 0 Å². The van der Waals surface area contributed by atoms with Crippen LogP contribution in [0.15, 0.2) is 36.7 Å². The topological polar surface area (TPSA) is 70.7 Å². The van der Waals surface area contributed by atoms with Gasteiger partial charge in [0, 0.05) is 0 Å². The van der Waals surface area contributed by atoms with Crippen molar-refractivity contribution < 1.29 is 4.79 Å². The van der Waals surface area contributed by atoms with E-state index in [1.165, 1.54) is 6.33 Å². The monoisotopic (exact) mass is 286 g/mol. The molecule has 3 unspecified atom stereocenters. The number of hydrogen-bond acceptors (Lipinski definition) is 3. The third-order valence-corrected chi connectivity index (χ3v) is 3.86. The fourth-order valence-corrected chi connectivity index (χ4v) is 2.43. The van der Waals surface area contributed by atoms with Crippen molar-refractivity contribution in [3.05, 3.63) is 48.0 Å². The first-order valence-corrected chi connectivity index (χ1v) is 7.34. The maximum atomic E-state index is 12.7. The Labute approximate surface area is 125 Å². The summed E-state index contributed by atoms with van der Waals surface area (Å²) in [4.78, 5) is 16.8. The molecule has 1 amide bonds. The van der Waals surface area contributed by atoms with Crippen LogP contribution < -0.4 is 5.32 Å². The molecule has 3 atom stereocenters. The molecule has 2 N–H and O–H groups in total. The molecule has 0 radical (unpaired) electrons. The SMILES string of the molecule is CCC(C)C(C(=O)NC(C)c1ncn[nH]1)c1ccccc1. The molecule has 2 rings (SSSR count). The summed E-state index contributed by atoms with van der Waals surface area (Å²) in [5.41, 5.74) is 1.05. The fourth-order valence-electron chi connectivity index (χ4n) is 2.43. The summed E-state index contributed by atoms with van der Waals surface area (Å²) in [6.45, 7) is 6.11. The van der Waals surface area contributed by atoms with E-state index in [0.29, 0.717) is 5.82 Å². The minimum atomic E-state index is -0.185. The largest absolute Gasteiger partial charge is 0.346 e. The van der Waals surface area contributed by atoms with Gasteiger partial charge in [-0.2, -0.15) is 5.10 Å². The van der Waals surface area contributed by atoms with Gasteiger partial charge in [-0.05, 0) is 18.4 Å². The molecule has 0 saturated heterocycles. The molecule has 0 bridgehead atoms. The Kier molecular flexibility index (Phi) is 5.09. The van der Waals surface area contributed by atoms with Crippen molar-refractivity contribution in [2.45, 2.75) is 39.2 Å². The number of amides is 1. The maximum absolute atomic E-state index is 12.7. The van der Waals surface area contributed by atoms with Crippen LogP contribution in [0, 0.1) is 5.92 Å². The average molecular weight is 286 g/mol. The average Bonchev–Trinajstić information content (AvgIpc) is 3.02. The third kappa shape index (κ3) is 3.68. The number of hydrogen-bond donors (Lipinski definition) is 2. The van der Waals surface area contributed by atoms with Crippen LogP contribution >= 0.6 is 0 Å². The lowest BCUT2D eigenvalue weighted by molar-refractivity contribution is -0.124. The van der Waals surface area contributed by atoms with E-state index in [0.717, 1.165) is 12.0 Å². The molecule has 112 valence electrons. The first-order valence-electron chi connectivity index (χ1n) is 7.34. The van der Waals surface area contributed by atoms with Crippen LogP contribution in [-0.2, 0) is 4.79 Å². The van der Waals surface area contributed by atoms with Crippen LogP contribution in [0.5, 0.6) is 0 Å². The van der Waals surface area contributed by atoms with E-state index in [1.807, 2.05) is 37.3 Å². The van der Waals surface area contributed by atoms with Crippen molar-refractivity contribution in [3.63, 3.8) is 0 Å². The Morgan fingerprint density at radius 1 is 1.29 bits per heavy atom. The summed E-state index contributed by atoms with van der Waals surface area (Å²) in [7, 11) is 0. The second-order valence-electron chi connectivity index (χ2n) is 5.37. The van der Waals surface area contributed by atoms with Gasteiger partial charge in [-0.15, -0.1) is 0 Å². The summed E-state index contributed by atoms with van der Waals surface area (Å²) in [6.07, 6.45) is 2.39. The van der Waals surface area contributed by atoms with Crippen molar-refractivity contribution >= 4 is 5.91 Å². The van der Waals surface area contributed by atoms with Gasteiger partial charge in [0.1, 0.15) is 12.2 Å². The van der Waals surface area contributed by atoms with Crippen LogP contribution in [-0.4, -0.2) is 21.1 Å². The molecule has 0 aliphatic rings. The standard InChI is InChI=1S/C16H22N4O/c1-4-11(2)14(13-8-6-5-7-9-13)16(21)19-12(3)15-17-10-18-20-15/h5-12,14H,4H2,1-3H3,(H,19,21)(H,17,18,20). The van der Waals surface area contributed by atoms with Gasteiger partial charge >= 0.3 is 0 Å². The number of carbonyl (C=O) groups excluding carboxylic acids is 1. The molecular formula is C16H22N4O. The lowest BCUT2D eigenvalue weighted by Crippen LogP contribution is -2.34. The van der Waals surface area contributed by atoms with Crippen LogP contribution in [0.1, 0.15) is 50.5 Å². The van der Waals surface area contributed by atoms with Crippen molar-refractivity contribution in [2.75, 3.05) is 0 Å². The first kappa shape index (κ1) is 15.2. The fraction of sp³-hybridized carbons (Fsp3) is 0.438. The Morgan fingerprint density at radius 3 is 2.57 bits per heavy atom. The van der Waals surface area contributed by atoms with Gasteiger partial charge in [-0.1, -0.05) is 50.6 Å². The number of benzene rings is 1. The van der Waals surface area contributed by atoms with Gasteiger partial charge in [-0.3, -0.25) is 9.89 Å². The zero-order valence-electron chi connectivity index (χ0n) is 12.7. The minimum absolute atomic E-state index is 0.0273. The summed E-state index contributed by atoms with van der Waals surface area (Å²) < 4.78 is 0. The predicted molar refractivity (Wildman–Crippen MR) is 81.6 cm³/mol. The molecule has 21 heavy (non-hydrogen) atoms. The molecule has 0 aliphatic carbocycles. The number of carbonyl (C=O) groups is 1. The molecule has 0 saturated carbocycles. The van der Waals surface area contributed by atoms with Crippen molar-refractivity contribution in [3.8, 4) is 0 Å². The Morgan fingerprint density at radius 2 is 2.00 bits per heavy atom. The van der Waals surface area contributed by atoms with E-state index in [4.69, 9.17) is 0 Å². The Hall–Kier alpha value is -2.17. The van der Waals surface area contributed by atoms with E-state index in [9.17, 15) is 4.79 Å². The van der Waals surface area contributed by atoms with E-state index < -0.39 is 0 Å². The first-order chi connectivity index (χ1) is 10.1. The highest BCUT2D eigenvalue weighted by atomic mass is 16.2. The second kappa shape index (κ2) is 7.02. The zero-order valence-corrected chi connectivity index (χ0v) is 12.7. The minimum Gasteiger partial charge on any atom is -0.346 e. The highest BCUT2D eigenvalue weighted by Gasteiger charge is 2.27. The van der Waals surface area contributed by atoms with E-state index in [2.05, 4.69) is 34.3 Å². The highest BCUT2D eigenvalue weighted by molar-refractivity contribution is 5.84. The van der Waals surface area contributed by atoms with Gasteiger partial charge < -0.3 is 5.32 Å². The van der Waals surface area contributed by atoms with E-state index in [-0.39, 0.29) is 23.8 Å².